The maximum absolute atomic E-state index is 4.48. The van der Waals surface area contributed by atoms with Crippen LogP contribution in [0.1, 0.15) is 0 Å². The Morgan fingerprint density at radius 2 is 0.625 bits per heavy atom. The van der Waals surface area contributed by atoms with Crippen LogP contribution in [0.2, 0.25) is 0 Å². The van der Waals surface area contributed by atoms with Crippen LogP contribution in [0.4, 0.5) is 0 Å². The highest BCUT2D eigenvalue weighted by molar-refractivity contribution is 7.26. The molecule has 0 N–H and O–H groups in total. The predicted molar refractivity (Wildman–Crippen MR) is 239 cm³/mol. The molecule has 0 aliphatic heterocycles. The highest BCUT2D eigenvalue weighted by Crippen LogP contribution is 2.49. The van der Waals surface area contributed by atoms with Crippen LogP contribution in [0.25, 0.3) is 118 Å². The van der Waals surface area contributed by atoms with Gasteiger partial charge in [-0.2, -0.15) is 0 Å². The summed E-state index contributed by atoms with van der Waals surface area (Å²) in [6, 6.07) is 58.8. The van der Waals surface area contributed by atoms with Gasteiger partial charge in [0.05, 0.1) is 0 Å². The maximum Gasteiger partial charge on any atom is 0.0386 e. The molecule has 0 spiro atoms. The van der Waals surface area contributed by atoms with Crippen molar-refractivity contribution in [1.29, 1.82) is 0 Å². The Balaban J connectivity index is 1.10. The van der Waals surface area contributed by atoms with Crippen molar-refractivity contribution < 1.29 is 0 Å². The second-order valence-corrected chi connectivity index (χ2v) is 16.7. The number of nitrogens with zero attached hydrogens (tertiary/aromatic N) is 2. The summed E-state index contributed by atoms with van der Waals surface area (Å²) in [6.45, 7) is 0. The Kier molecular flexibility index (Phi) is 7.00. The summed E-state index contributed by atoms with van der Waals surface area (Å²) in [7, 11) is 0. The Morgan fingerprint density at radius 1 is 0.268 bits per heavy atom. The van der Waals surface area contributed by atoms with Crippen molar-refractivity contribution in [3.63, 3.8) is 0 Å². The Labute approximate surface area is 331 Å². The van der Waals surface area contributed by atoms with E-state index in [-0.39, 0.29) is 0 Å². The molecule has 7 aromatic carbocycles. The van der Waals surface area contributed by atoms with Crippen molar-refractivity contribution in [1.82, 2.24) is 9.97 Å². The van der Waals surface area contributed by atoms with Gasteiger partial charge in [-0.25, -0.2) is 0 Å². The zero-order chi connectivity index (χ0) is 36.7. The molecule has 1 aliphatic rings. The lowest BCUT2D eigenvalue weighted by Gasteiger charge is -2.23. The molecule has 4 heteroatoms. The van der Waals surface area contributed by atoms with E-state index in [1.165, 1.54) is 118 Å². The molecule has 4 heterocycles. The van der Waals surface area contributed by atoms with Crippen molar-refractivity contribution in [3.8, 4) is 77.9 Å². The minimum Gasteiger partial charge on any atom is -0.264 e. The SMILES string of the molecule is c1ccc2c(c1)-c1ccccc1-c1ccc(-c3cc(-c4ccc5sc6ccncc6c5c4)cc(-c4ccc5sc6ccncc6c5c4)c3)cc1-c1ccccc1-2. The third-order valence-electron chi connectivity index (χ3n) is 11.4. The van der Waals surface area contributed by atoms with Crippen LogP contribution in [0.15, 0.2) is 183 Å². The van der Waals surface area contributed by atoms with Crippen LogP contribution in [0.3, 0.4) is 0 Å². The second-order valence-electron chi connectivity index (χ2n) is 14.6. The van der Waals surface area contributed by atoms with E-state index in [2.05, 4.69) is 168 Å². The van der Waals surface area contributed by atoms with Gasteiger partial charge in [0.1, 0.15) is 0 Å². The average Bonchev–Trinajstić information content (AvgIpc) is 3.83. The smallest absolute Gasteiger partial charge is 0.0386 e. The largest absolute Gasteiger partial charge is 0.264 e. The third-order valence-corrected chi connectivity index (χ3v) is 13.7. The van der Waals surface area contributed by atoms with E-state index >= 15 is 0 Å². The summed E-state index contributed by atoms with van der Waals surface area (Å²) in [5, 5.41) is 4.91. The fourth-order valence-corrected chi connectivity index (χ4v) is 10.9. The van der Waals surface area contributed by atoms with Gasteiger partial charge in [-0.15, -0.1) is 22.7 Å². The molecule has 0 bridgehead atoms. The second kappa shape index (κ2) is 12.4. The summed E-state index contributed by atoms with van der Waals surface area (Å²) >= 11 is 3.65. The minimum atomic E-state index is 1.18. The van der Waals surface area contributed by atoms with Crippen LogP contribution in [0, 0.1) is 0 Å². The van der Waals surface area contributed by atoms with Crippen molar-refractivity contribution in [2.45, 2.75) is 0 Å². The highest BCUT2D eigenvalue weighted by Gasteiger charge is 2.22. The number of aromatic nitrogens is 2. The maximum atomic E-state index is 4.48. The summed E-state index contributed by atoms with van der Waals surface area (Å²) in [5.74, 6) is 0. The van der Waals surface area contributed by atoms with Gasteiger partial charge in [-0.1, -0.05) is 97.1 Å². The number of fused-ring (bicyclic) bond motifs is 14. The molecular formula is C52H30N2S2. The minimum absolute atomic E-state index is 1.18. The topological polar surface area (TPSA) is 25.8 Å². The van der Waals surface area contributed by atoms with Crippen molar-refractivity contribution in [2.24, 2.45) is 0 Å². The lowest BCUT2D eigenvalue weighted by molar-refractivity contribution is 1.37. The molecule has 0 fully saturated rings. The fraction of sp³-hybridized carbons (Fsp3) is 0. The first-order chi connectivity index (χ1) is 27.7. The summed E-state index contributed by atoms with van der Waals surface area (Å²) in [4.78, 5) is 8.96. The summed E-state index contributed by atoms with van der Waals surface area (Å²) < 4.78 is 5.08. The molecule has 0 amide bonds. The summed E-state index contributed by atoms with van der Waals surface area (Å²) in [5.41, 5.74) is 17.1. The standard InChI is InChI=1S/C52H30N2S2/c1-2-8-38-37(7-1)39-9-3-4-11-41(39)43-16-13-31(26-44(43)42-12-6-5-10-40(38)42)34-23-35(32-14-17-49-45(27-32)47-29-53-21-19-51(47)55-49)25-36(24-34)33-15-18-50-46(28-33)48-30-54-22-20-52(48)56-50/h1-30H. The molecule has 0 atom stereocenters. The average molecular weight is 747 g/mol. The van der Waals surface area contributed by atoms with Gasteiger partial charge in [0, 0.05) is 65.1 Å². The molecule has 0 saturated heterocycles. The van der Waals surface area contributed by atoms with E-state index in [9.17, 15) is 0 Å². The van der Waals surface area contributed by atoms with Crippen molar-refractivity contribution in [2.75, 3.05) is 0 Å². The molecule has 0 radical (unpaired) electrons. The third kappa shape index (κ3) is 4.93. The molecule has 1 aliphatic carbocycles. The van der Waals surface area contributed by atoms with Crippen molar-refractivity contribution in [3.05, 3.63) is 183 Å². The molecular weight excluding hydrogens is 717 g/mol. The van der Waals surface area contributed by atoms with E-state index in [1.54, 1.807) is 0 Å². The number of hydrogen-bond acceptors (Lipinski definition) is 4. The lowest BCUT2D eigenvalue weighted by atomic mass is 9.80. The molecule has 260 valence electrons. The summed E-state index contributed by atoms with van der Waals surface area (Å²) in [6.07, 6.45) is 7.77. The Hall–Kier alpha value is -6.72. The first-order valence-corrected chi connectivity index (χ1v) is 20.5. The Bertz CT molecular complexity index is 3250. The van der Waals surface area contributed by atoms with Crippen LogP contribution >= 0.6 is 22.7 Å². The van der Waals surface area contributed by atoms with Gasteiger partial charge in [0.15, 0.2) is 0 Å². The van der Waals surface area contributed by atoms with Gasteiger partial charge in [-0.05, 0) is 139 Å². The monoisotopic (exact) mass is 746 g/mol. The van der Waals surface area contributed by atoms with Crippen molar-refractivity contribution >= 4 is 63.0 Å². The van der Waals surface area contributed by atoms with Crippen LogP contribution in [0.5, 0.6) is 0 Å². The lowest BCUT2D eigenvalue weighted by Crippen LogP contribution is -1.97. The van der Waals surface area contributed by atoms with Crippen LogP contribution in [-0.2, 0) is 0 Å². The van der Waals surface area contributed by atoms with Gasteiger partial charge >= 0.3 is 0 Å². The van der Waals surface area contributed by atoms with E-state index in [0.29, 0.717) is 0 Å². The highest BCUT2D eigenvalue weighted by atomic mass is 32.1. The van der Waals surface area contributed by atoms with Crippen LogP contribution in [-0.4, -0.2) is 9.97 Å². The molecule has 11 aromatic rings. The molecule has 0 unspecified atom stereocenters. The van der Waals surface area contributed by atoms with Gasteiger partial charge in [0.2, 0.25) is 0 Å². The normalized spacial score (nSPS) is 11.9. The van der Waals surface area contributed by atoms with E-state index < -0.39 is 0 Å². The molecule has 56 heavy (non-hydrogen) atoms. The van der Waals surface area contributed by atoms with Gasteiger partial charge in [-0.3, -0.25) is 9.97 Å². The molecule has 0 saturated carbocycles. The van der Waals surface area contributed by atoms with Gasteiger partial charge < -0.3 is 0 Å². The fourth-order valence-electron chi connectivity index (χ4n) is 8.77. The first-order valence-electron chi connectivity index (χ1n) is 18.8. The zero-order valence-electron chi connectivity index (χ0n) is 30.0. The molecule has 12 rings (SSSR count). The van der Waals surface area contributed by atoms with E-state index in [1.807, 2.05) is 47.5 Å². The van der Waals surface area contributed by atoms with Crippen LogP contribution < -0.4 is 0 Å². The van der Waals surface area contributed by atoms with Gasteiger partial charge in [0.25, 0.3) is 0 Å². The predicted octanol–water partition coefficient (Wildman–Crippen LogP) is 15.2. The number of hydrogen-bond donors (Lipinski definition) is 0. The Morgan fingerprint density at radius 3 is 1.07 bits per heavy atom. The quantitative estimate of drug-likeness (QED) is 0.180. The van der Waals surface area contributed by atoms with E-state index in [4.69, 9.17) is 0 Å². The molecule has 2 nitrogen and oxygen atoms in total. The number of pyridine rings is 2. The molecule has 4 aromatic heterocycles. The van der Waals surface area contributed by atoms with E-state index in [0.717, 1.165) is 0 Å². The zero-order valence-corrected chi connectivity index (χ0v) is 31.7. The first kappa shape index (κ1) is 31.6. The number of benzene rings is 7. The number of rotatable bonds is 3. The number of thiophene rings is 2.